The van der Waals surface area contributed by atoms with E-state index in [9.17, 15) is 9.59 Å². The van der Waals surface area contributed by atoms with E-state index in [4.69, 9.17) is 0 Å². The van der Waals surface area contributed by atoms with Gasteiger partial charge in [-0.25, -0.2) is 4.79 Å². The van der Waals surface area contributed by atoms with Crippen LogP contribution in [0.15, 0.2) is 18.2 Å². The SMILES string of the molecule is CCCCCNC(=O)Nc1cc(NC(=O)C(C)C)ccc1C. The fraction of sp³-hybridized carbons (Fsp3) is 0.529. The number of unbranched alkanes of at least 4 members (excludes halogenated alkanes) is 2. The molecule has 0 spiro atoms. The molecular formula is C17H27N3O2. The van der Waals surface area contributed by atoms with E-state index in [1.807, 2.05) is 32.9 Å². The van der Waals surface area contributed by atoms with E-state index in [-0.39, 0.29) is 17.9 Å². The van der Waals surface area contributed by atoms with Gasteiger partial charge in [-0.2, -0.15) is 0 Å². The van der Waals surface area contributed by atoms with Crippen LogP contribution in [0.2, 0.25) is 0 Å². The minimum absolute atomic E-state index is 0.0428. The normalized spacial score (nSPS) is 10.4. The van der Waals surface area contributed by atoms with Crippen molar-refractivity contribution in [2.45, 2.75) is 47.0 Å². The number of nitrogens with one attached hydrogen (secondary N) is 3. The van der Waals surface area contributed by atoms with Gasteiger partial charge >= 0.3 is 6.03 Å². The quantitative estimate of drug-likeness (QED) is 0.669. The summed E-state index contributed by atoms with van der Waals surface area (Å²) in [7, 11) is 0. The van der Waals surface area contributed by atoms with Crippen molar-refractivity contribution in [3.63, 3.8) is 0 Å². The summed E-state index contributed by atoms with van der Waals surface area (Å²) in [6.45, 7) is 8.39. The number of rotatable bonds is 7. The lowest BCUT2D eigenvalue weighted by atomic mass is 10.1. The van der Waals surface area contributed by atoms with Gasteiger partial charge in [0.1, 0.15) is 0 Å². The van der Waals surface area contributed by atoms with Crippen molar-refractivity contribution in [2.24, 2.45) is 5.92 Å². The van der Waals surface area contributed by atoms with Gasteiger partial charge in [0.05, 0.1) is 0 Å². The molecule has 0 saturated carbocycles. The smallest absolute Gasteiger partial charge is 0.319 e. The Morgan fingerprint density at radius 2 is 1.86 bits per heavy atom. The zero-order chi connectivity index (χ0) is 16.5. The average molecular weight is 305 g/mol. The van der Waals surface area contributed by atoms with Crippen LogP contribution in [0.25, 0.3) is 0 Å². The van der Waals surface area contributed by atoms with Crippen LogP contribution in [-0.2, 0) is 4.79 Å². The fourth-order valence-corrected chi connectivity index (χ4v) is 1.86. The molecule has 1 aromatic carbocycles. The van der Waals surface area contributed by atoms with E-state index in [1.54, 1.807) is 6.07 Å². The van der Waals surface area contributed by atoms with E-state index in [0.29, 0.717) is 17.9 Å². The summed E-state index contributed by atoms with van der Waals surface area (Å²) < 4.78 is 0. The third kappa shape index (κ3) is 6.16. The molecular weight excluding hydrogens is 278 g/mol. The summed E-state index contributed by atoms with van der Waals surface area (Å²) >= 11 is 0. The summed E-state index contributed by atoms with van der Waals surface area (Å²) in [6, 6.07) is 5.27. The first kappa shape index (κ1) is 18.0. The fourth-order valence-electron chi connectivity index (χ4n) is 1.86. The number of benzene rings is 1. The molecule has 1 aromatic rings. The summed E-state index contributed by atoms with van der Waals surface area (Å²) in [5, 5.41) is 8.49. The Kier molecular flexibility index (Phi) is 7.43. The first-order chi connectivity index (χ1) is 10.4. The number of hydrogen-bond donors (Lipinski definition) is 3. The maximum Gasteiger partial charge on any atom is 0.319 e. The molecule has 0 aliphatic carbocycles. The molecule has 122 valence electrons. The standard InChI is InChI=1S/C17H27N3O2/c1-5-6-7-10-18-17(22)20-15-11-14(9-8-13(15)4)19-16(21)12(2)3/h8-9,11-12H,5-7,10H2,1-4H3,(H,19,21)(H2,18,20,22). The van der Waals surface area contributed by atoms with Crippen molar-refractivity contribution in [1.29, 1.82) is 0 Å². The number of hydrogen-bond acceptors (Lipinski definition) is 2. The number of urea groups is 1. The largest absolute Gasteiger partial charge is 0.338 e. The Bertz CT molecular complexity index is 513. The van der Waals surface area contributed by atoms with Crippen LogP contribution in [0.1, 0.15) is 45.6 Å². The van der Waals surface area contributed by atoms with Crippen LogP contribution in [0.4, 0.5) is 16.2 Å². The highest BCUT2D eigenvalue weighted by Crippen LogP contribution is 2.20. The van der Waals surface area contributed by atoms with Gasteiger partial charge in [-0.15, -0.1) is 0 Å². The lowest BCUT2D eigenvalue weighted by molar-refractivity contribution is -0.118. The van der Waals surface area contributed by atoms with Gasteiger partial charge < -0.3 is 16.0 Å². The van der Waals surface area contributed by atoms with Crippen LogP contribution >= 0.6 is 0 Å². The van der Waals surface area contributed by atoms with Crippen molar-refractivity contribution in [1.82, 2.24) is 5.32 Å². The van der Waals surface area contributed by atoms with Crippen molar-refractivity contribution in [3.05, 3.63) is 23.8 Å². The second kappa shape index (κ2) is 9.07. The molecule has 1 rings (SSSR count). The Morgan fingerprint density at radius 1 is 1.14 bits per heavy atom. The summed E-state index contributed by atoms with van der Waals surface area (Å²) in [6.07, 6.45) is 3.21. The Hall–Kier alpha value is -2.04. The second-order valence-electron chi connectivity index (χ2n) is 5.76. The third-order valence-electron chi connectivity index (χ3n) is 3.34. The van der Waals surface area contributed by atoms with Crippen LogP contribution in [0.3, 0.4) is 0 Å². The molecule has 0 aliphatic heterocycles. The molecule has 3 amide bonds. The zero-order valence-corrected chi connectivity index (χ0v) is 14.0. The van der Waals surface area contributed by atoms with Gasteiger partial charge in [0, 0.05) is 23.8 Å². The topological polar surface area (TPSA) is 70.2 Å². The summed E-state index contributed by atoms with van der Waals surface area (Å²) in [5.74, 6) is -0.126. The maximum atomic E-state index is 11.9. The van der Waals surface area contributed by atoms with Crippen molar-refractivity contribution in [2.75, 3.05) is 17.2 Å². The predicted octanol–water partition coefficient (Wildman–Crippen LogP) is 3.90. The second-order valence-corrected chi connectivity index (χ2v) is 5.76. The molecule has 0 bridgehead atoms. The molecule has 0 fully saturated rings. The highest BCUT2D eigenvalue weighted by atomic mass is 16.2. The van der Waals surface area contributed by atoms with Crippen LogP contribution < -0.4 is 16.0 Å². The van der Waals surface area contributed by atoms with Crippen LogP contribution in [0, 0.1) is 12.8 Å². The first-order valence-corrected chi connectivity index (χ1v) is 7.90. The molecule has 0 atom stereocenters. The summed E-state index contributed by atoms with van der Waals surface area (Å²) in [5.41, 5.74) is 2.34. The predicted molar refractivity (Wildman–Crippen MR) is 91.2 cm³/mol. The molecule has 5 nitrogen and oxygen atoms in total. The molecule has 0 radical (unpaired) electrons. The number of carbonyl (C=O) groups excluding carboxylic acids is 2. The van der Waals surface area contributed by atoms with Crippen molar-refractivity contribution >= 4 is 23.3 Å². The van der Waals surface area contributed by atoms with E-state index >= 15 is 0 Å². The van der Waals surface area contributed by atoms with Crippen molar-refractivity contribution < 1.29 is 9.59 Å². The lowest BCUT2D eigenvalue weighted by Crippen LogP contribution is -2.29. The van der Waals surface area contributed by atoms with Gasteiger partial charge in [-0.05, 0) is 31.0 Å². The van der Waals surface area contributed by atoms with E-state index in [2.05, 4.69) is 22.9 Å². The highest BCUT2D eigenvalue weighted by Gasteiger charge is 2.09. The third-order valence-corrected chi connectivity index (χ3v) is 3.34. The maximum absolute atomic E-state index is 11.9. The highest BCUT2D eigenvalue weighted by molar-refractivity contribution is 5.94. The molecule has 3 N–H and O–H groups in total. The number of carbonyl (C=O) groups is 2. The van der Waals surface area contributed by atoms with Gasteiger partial charge in [0.2, 0.25) is 5.91 Å². The van der Waals surface area contributed by atoms with E-state index < -0.39 is 0 Å². The molecule has 0 heterocycles. The average Bonchev–Trinajstić information content (AvgIpc) is 2.47. The molecule has 0 unspecified atom stereocenters. The van der Waals surface area contributed by atoms with E-state index in [0.717, 1.165) is 24.8 Å². The first-order valence-electron chi connectivity index (χ1n) is 7.90. The number of anilines is 2. The lowest BCUT2D eigenvalue weighted by Gasteiger charge is -2.13. The molecule has 5 heteroatoms. The van der Waals surface area contributed by atoms with Crippen molar-refractivity contribution in [3.8, 4) is 0 Å². The Morgan fingerprint density at radius 3 is 2.50 bits per heavy atom. The molecule has 0 saturated heterocycles. The van der Waals surface area contributed by atoms with Gasteiger partial charge in [-0.1, -0.05) is 39.7 Å². The molecule has 0 aromatic heterocycles. The number of amides is 3. The minimum atomic E-state index is -0.216. The van der Waals surface area contributed by atoms with Gasteiger partial charge in [0.15, 0.2) is 0 Å². The number of aryl methyl sites for hydroxylation is 1. The van der Waals surface area contributed by atoms with Crippen LogP contribution in [0.5, 0.6) is 0 Å². The van der Waals surface area contributed by atoms with Gasteiger partial charge in [-0.3, -0.25) is 4.79 Å². The molecule has 22 heavy (non-hydrogen) atoms. The summed E-state index contributed by atoms with van der Waals surface area (Å²) in [4.78, 5) is 23.6. The molecule has 0 aliphatic rings. The van der Waals surface area contributed by atoms with E-state index in [1.165, 1.54) is 0 Å². The van der Waals surface area contributed by atoms with Crippen LogP contribution in [-0.4, -0.2) is 18.5 Å². The monoisotopic (exact) mass is 305 g/mol. The zero-order valence-electron chi connectivity index (χ0n) is 14.0. The Balaban J connectivity index is 2.62. The Labute approximate surface area is 132 Å². The minimum Gasteiger partial charge on any atom is -0.338 e. The van der Waals surface area contributed by atoms with Gasteiger partial charge in [0.25, 0.3) is 0 Å².